The Labute approximate surface area is 157 Å². The van der Waals surface area contributed by atoms with Crippen LogP contribution in [-0.4, -0.2) is 51.6 Å². The molecule has 0 radical (unpaired) electrons. The molecule has 8 nitrogen and oxygen atoms in total. The molecule has 138 valence electrons. The van der Waals surface area contributed by atoms with Crippen LogP contribution in [0.3, 0.4) is 0 Å². The van der Waals surface area contributed by atoms with Crippen molar-refractivity contribution in [2.45, 2.75) is 25.8 Å². The van der Waals surface area contributed by atoms with Crippen LogP contribution in [0.15, 0.2) is 46.9 Å². The van der Waals surface area contributed by atoms with Crippen molar-refractivity contribution in [2.75, 3.05) is 18.6 Å². The standard InChI is InChI=1S/C19H21N7O/c1-13-16(14-11-17-18(23-12-14)22-7-6-21-17)3-8-26(13)25-19(20-2)24-15-4-9-27-10-5-15/h3,6-8,11-12,15H,2,4-5,9-10H2,1H3,(H,24,25). The minimum atomic E-state index is 0.213. The monoisotopic (exact) mass is 363 g/mol. The van der Waals surface area contributed by atoms with E-state index in [1.54, 1.807) is 12.4 Å². The van der Waals surface area contributed by atoms with E-state index < -0.39 is 0 Å². The van der Waals surface area contributed by atoms with Gasteiger partial charge in [-0.05, 0) is 38.6 Å². The highest BCUT2D eigenvalue weighted by molar-refractivity contribution is 5.91. The highest BCUT2D eigenvalue weighted by Crippen LogP contribution is 2.25. The molecule has 3 aromatic rings. The van der Waals surface area contributed by atoms with Crippen LogP contribution in [0.2, 0.25) is 0 Å². The number of ether oxygens (including phenoxy) is 1. The van der Waals surface area contributed by atoms with Gasteiger partial charge in [-0.25, -0.2) is 20.0 Å². The van der Waals surface area contributed by atoms with Crippen molar-refractivity contribution in [1.82, 2.24) is 19.6 Å². The molecule has 0 unspecified atom stereocenters. The summed E-state index contributed by atoms with van der Waals surface area (Å²) in [6.45, 7) is 7.14. The van der Waals surface area contributed by atoms with E-state index in [0.717, 1.165) is 48.4 Å². The zero-order valence-corrected chi connectivity index (χ0v) is 15.2. The van der Waals surface area contributed by atoms with Gasteiger partial charge in [-0.1, -0.05) is 0 Å². The molecule has 8 heteroatoms. The van der Waals surface area contributed by atoms with Gasteiger partial charge in [0, 0.05) is 54.8 Å². The Morgan fingerprint density at radius 1 is 1.26 bits per heavy atom. The number of nitrogens with one attached hydrogen (secondary N) is 1. The first-order chi connectivity index (χ1) is 13.2. The minimum absolute atomic E-state index is 0.213. The van der Waals surface area contributed by atoms with Crippen molar-refractivity contribution in [2.24, 2.45) is 9.98 Å². The molecule has 1 saturated heterocycles. The molecule has 4 rings (SSSR count). The third kappa shape index (κ3) is 3.70. The van der Waals surface area contributed by atoms with E-state index in [0.29, 0.717) is 11.6 Å². The summed E-state index contributed by atoms with van der Waals surface area (Å²) < 4.78 is 7.27. The van der Waals surface area contributed by atoms with Crippen molar-refractivity contribution in [3.63, 3.8) is 0 Å². The number of guanidine groups is 1. The molecule has 0 saturated carbocycles. The molecular weight excluding hydrogens is 342 g/mol. The van der Waals surface area contributed by atoms with Crippen LogP contribution in [0, 0.1) is 6.92 Å². The van der Waals surface area contributed by atoms with Crippen LogP contribution >= 0.6 is 0 Å². The predicted molar refractivity (Wildman–Crippen MR) is 106 cm³/mol. The number of fused-ring (bicyclic) bond motifs is 1. The first-order valence-corrected chi connectivity index (χ1v) is 8.89. The number of rotatable bonds is 3. The topological polar surface area (TPSA) is 89.6 Å². The van der Waals surface area contributed by atoms with Crippen LogP contribution in [-0.2, 0) is 4.74 Å². The van der Waals surface area contributed by atoms with Gasteiger partial charge in [-0.3, -0.25) is 15.1 Å². The lowest BCUT2D eigenvalue weighted by Gasteiger charge is -2.19. The van der Waals surface area contributed by atoms with Gasteiger partial charge in [-0.2, -0.15) is 0 Å². The van der Waals surface area contributed by atoms with Crippen LogP contribution in [0.25, 0.3) is 22.3 Å². The fourth-order valence-electron chi connectivity index (χ4n) is 3.14. The first-order valence-electron chi connectivity index (χ1n) is 8.89. The highest BCUT2D eigenvalue weighted by Gasteiger charge is 2.14. The van der Waals surface area contributed by atoms with E-state index in [2.05, 4.69) is 37.1 Å². The van der Waals surface area contributed by atoms with Gasteiger partial charge in [0.15, 0.2) is 5.65 Å². The third-order valence-electron chi connectivity index (χ3n) is 4.64. The molecule has 0 aliphatic carbocycles. The quantitative estimate of drug-likeness (QED) is 0.571. The Kier molecular flexibility index (Phi) is 4.88. The molecule has 0 aromatic carbocycles. The molecule has 1 aliphatic heterocycles. The van der Waals surface area contributed by atoms with Crippen LogP contribution in [0.4, 0.5) is 0 Å². The second-order valence-electron chi connectivity index (χ2n) is 6.37. The summed E-state index contributed by atoms with van der Waals surface area (Å²) in [6.07, 6.45) is 8.87. The summed E-state index contributed by atoms with van der Waals surface area (Å²) >= 11 is 0. The fraction of sp³-hybridized carbons (Fsp3) is 0.316. The zero-order chi connectivity index (χ0) is 18.6. The van der Waals surface area contributed by atoms with Crippen molar-refractivity contribution < 1.29 is 4.74 Å². The first kappa shape index (κ1) is 17.3. The number of hydrogen-bond acceptors (Lipinski definition) is 5. The summed E-state index contributed by atoms with van der Waals surface area (Å²) in [7, 11) is 0. The van der Waals surface area contributed by atoms with E-state index in [1.165, 1.54) is 0 Å². The van der Waals surface area contributed by atoms with E-state index in [-0.39, 0.29) is 6.04 Å². The van der Waals surface area contributed by atoms with Crippen LogP contribution in [0.1, 0.15) is 18.5 Å². The molecule has 0 amide bonds. The van der Waals surface area contributed by atoms with Crippen LogP contribution < -0.4 is 5.43 Å². The second-order valence-corrected chi connectivity index (χ2v) is 6.37. The summed E-state index contributed by atoms with van der Waals surface area (Å²) in [6, 6.07) is 4.23. The molecule has 27 heavy (non-hydrogen) atoms. The summed E-state index contributed by atoms with van der Waals surface area (Å²) in [5.41, 5.74) is 7.68. The zero-order valence-electron chi connectivity index (χ0n) is 15.2. The van der Waals surface area contributed by atoms with Gasteiger partial charge in [0.1, 0.15) is 5.52 Å². The largest absolute Gasteiger partial charge is 0.381 e. The fourth-order valence-corrected chi connectivity index (χ4v) is 3.14. The maximum Gasteiger partial charge on any atom is 0.237 e. The van der Waals surface area contributed by atoms with Crippen LogP contribution in [0.5, 0.6) is 0 Å². The lowest BCUT2D eigenvalue weighted by Crippen LogP contribution is -2.26. The Morgan fingerprint density at radius 2 is 2.07 bits per heavy atom. The normalized spacial score (nSPS) is 15.8. The number of pyridine rings is 1. The van der Waals surface area contributed by atoms with Crippen molar-refractivity contribution >= 4 is 23.8 Å². The SMILES string of the molecule is C=NC(=NC1CCOCC1)Nn1ccc(-c2cnc3nccnc3c2)c1C. The van der Waals surface area contributed by atoms with Gasteiger partial charge in [0.25, 0.3) is 0 Å². The number of aliphatic imine (C=N–C) groups is 2. The number of nitrogens with zero attached hydrogens (tertiary/aromatic N) is 6. The molecule has 1 aliphatic rings. The van der Waals surface area contributed by atoms with Gasteiger partial charge in [0.2, 0.25) is 5.96 Å². The molecule has 0 spiro atoms. The molecule has 4 heterocycles. The van der Waals surface area contributed by atoms with Crippen molar-refractivity contribution in [3.8, 4) is 11.1 Å². The van der Waals surface area contributed by atoms with Gasteiger partial charge < -0.3 is 4.74 Å². The number of hydrogen-bond donors (Lipinski definition) is 1. The predicted octanol–water partition coefficient (Wildman–Crippen LogP) is 2.58. The second kappa shape index (κ2) is 7.63. The van der Waals surface area contributed by atoms with Gasteiger partial charge in [-0.15, -0.1) is 0 Å². The van der Waals surface area contributed by atoms with Gasteiger partial charge >= 0.3 is 0 Å². The molecule has 0 atom stereocenters. The number of aromatic nitrogens is 4. The van der Waals surface area contributed by atoms with E-state index in [9.17, 15) is 0 Å². The Balaban J connectivity index is 1.59. The third-order valence-corrected chi connectivity index (χ3v) is 4.64. The molecule has 0 bridgehead atoms. The maximum absolute atomic E-state index is 5.38. The van der Waals surface area contributed by atoms with E-state index in [4.69, 9.17) is 4.74 Å². The summed E-state index contributed by atoms with van der Waals surface area (Å²) in [4.78, 5) is 21.6. The lowest BCUT2D eigenvalue weighted by atomic mass is 10.1. The summed E-state index contributed by atoms with van der Waals surface area (Å²) in [5.74, 6) is 0.509. The average Bonchev–Trinajstić information content (AvgIpc) is 3.08. The van der Waals surface area contributed by atoms with Gasteiger partial charge in [0.05, 0.1) is 6.04 Å². The maximum atomic E-state index is 5.38. The molecule has 1 N–H and O–H groups in total. The lowest BCUT2D eigenvalue weighted by molar-refractivity contribution is 0.0871. The molecule has 1 fully saturated rings. The summed E-state index contributed by atoms with van der Waals surface area (Å²) in [5, 5.41) is 0. The Bertz CT molecular complexity index is 989. The van der Waals surface area contributed by atoms with E-state index >= 15 is 0 Å². The van der Waals surface area contributed by atoms with E-state index in [1.807, 2.05) is 36.1 Å². The Morgan fingerprint density at radius 3 is 2.89 bits per heavy atom. The van der Waals surface area contributed by atoms with Crippen molar-refractivity contribution in [1.29, 1.82) is 0 Å². The molecular formula is C19H21N7O. The van der Waals surface area contributed by atoms with Crippen molar-refractivity contribution in [3.05, 3.63) is 42.6 Å². The average molecular weight is 363 g/mol. The molecule has 3 aromatic heterocycles. The Hall–Kier alpha value is -3.13. The highest BCUT2D eigenvalue weighted by atomic mass is 16.5. The minimum Gasteiger partial charge on any atom is -0.381 e. The smallest absolute Gasteiger partial charge is 0.237 e.